The van der Waals surface area contributed by atoms with Gasteiger partial charge >= 0.3 is 0 Å². The Bertz CT molecular complexity index is 549. The highest BCUT2D eigenvalue weighted by Gasteiger charge is 2.14. The van der Waals surface area contributed by atoms with E-state index in [1.54, 1.807) is 31.2 Å². The third kappa shape index (κ3) is 3.18. The van der Waals surface area contributed by atoms with E-state index in [4.69, 9.17) is 0 Å². The van der Waals surface area contributed by atoms with Crippen LogP contribution in [0.25, 0.3) is 0 Å². The fourth-order valence-corrected chi connectivity index (χ4v) is 2.23. The van der Waals surface area contributed by atoms with Crippen LogP contribution in [0.1, 0.15) is 29.0 Å². The van der Waals surface area contributed by atoms with Crippen LogP contribution in [-0.4, -0.2) is 11.7 Å². The SMILES string of the molecule is Cc1cc(C(CCO)c2ccc(F)cc2)ccc1F. The zero-order valence-electron chi connectivity index (χ0n) is 10.7. The van der Waals surface area contributed by atoms with Crippen LogP contribution in [0.4, 0.5) is 8.78 Å². The first-order valence-corrected chi connectivity index (χ1v) is 6.24. The number of benzene rings is 2. The number of rotatable bonds is 4. The number of hydrogen-bond acceptors (Lipinski definition) is 1. The molecule has 0 amide bonds. The quantitative estimate of drug-likeness (QED) is 0.888. The van der Waals surface area contributed by atoms with Crippen molar-refractivity contribution in [1.82, 2.24) is 0 Å². The largest absolute Gasteiger partial charge is 0.396 e. The van der Waals surface area contributed by atoms with Crippen LogP contribution in [0.5, 0.6) is 0 Å². The van der Waals surface area contributed by atoms with Crippen molar-refractivity contribution in [3.05, 3.63) is 70.8 Å². The van der Waals surface area contributed by atoms with E-state index < -0.39 is 0 Å². The molecule has 0 fully saturated rings. The third-order valence-electron chi connectivity index (χ3n) is 3.27. The molecule has 3 heteroatoms. The topological polar surface area (TPSA) is 20.2 Å². The fourth-order valence-electron chi connectivity index (χ4n) is 2.23. The Morgan fingerprint density at radius 3 is 2.21 bits per heavy atom. The Hall–Kier alpha value is -1.74. The molecule has 1 nitrogen and oxygen atoms in total. The van der Waals surface area contributed by atoms with Gasteiger partial charge in [-0.15, -0.1) is 0 Å². The van der Waals surface area contributed by atoms with Crippen molar-refractivity contribution in [1.29, 1.82) is 0 Å². The molecule has 2 aromatic carbocycles. The summed E-state index contributed by atoms with van der Waals surface area (Å²) in [7, 11) is 0. The zero-order valence-corrected chi connectivity index (χ0v) is 10.7. The summed E-state index contributed by atoms with van der Waals surface area (Å²) in [5, 5.41) is 9.19. The Morgan fingerprint density at radius 2 is 1.63 bits per heavy atom. The lowest BCUT2D eigenvalue weighted by Gasteiger charge is -2.17. The highest BCUT2D eigenvalue weighted by atomic mass is 19.1. The molecule has 0 spiro atoms. The molecule has 0 aliphatic heterocycles. The molecule has 0 radical (unpaired) electrons. The minimum Gasteiger partial charge on any atom is -0.396 e. The van der Waals surface area contributed by atoms with Gasteiger partial charge in [0.2, 0.25) is 0 Å². The standard InChI is InChI=1S/C16H16F2O/c1-11-10-13(4-7-16(11)18)15(8-9-19)12-2-5-14(17)6-3-12/h2-7,10,15,19H,8-9H2,1H3. The van der Waals surface area contributed by atoms with Crippen LogP contribution >= 0.6 is 0 Å². The molecule has 0 saturated carbocycles. The molecular formula is C16H16F2O. The number of aliphatic hydroxyl groups excluding tert-OH is 1. The first-order valence-electron chi connectivity index (χ1n) is 6.24. The first kappa shape index (κ1) is 13.7. The van der Waals surface area contributed by atoms with Gasteiger partial charge in [0.15, 0.2) is 0 Å². The van der Waals surface area contributed by atoms with E-state index in [1.807, 2.05) is 0 Å². The van der Waals surface area contributed by atoms with Crippen LogP contribution in [-0.2, 0) is 0 Å². The lowest BCUT2D eigenvalue weighted by molar-refractivity contribution is 0.281. The summed E-state index contributed by atoms with van der Waals surface area (Å²) in [5.41, 5.74) is 2.42. The van der Waals surface area contributed by atoms with Crippen LogP contribution in [0.3, 0.4) is 0 Å². The summed E-state index contributed by atoms with van der Waals surface area (Å²) in [4.78, 5) is 0. The molecule has 0 aliphatic rings. The zero-order chi connectivity index (χ0) is 13.8. The molecule has 0 bridgehead atoms. The van der Waals surface area contributed by atoms with Gasteiger partial charge in [0.05, 0.1) is 0 Å². The molecule has 2 aromatic rings. The number of hydrogen-bond donors (Lipinski definition) is 1. The molecule has 19 heavy (non-hydrogen) atoms. The van der Waals surface area contributed by atoms with Crippen molar-refractivity contribution in [3.63, 3.8) is 0 Å². The van der Waals surface area contributed by atoms with Gasteiger partial charge < -0.3 is 5.11 Å². The van der Waals surface area contributed by atoms with Gasteiger partial charge in [0, 0.05) is 12.5 Å². The average Bonchev–Trinajstić information content (AvgIpc) is 2.41. The normalized spacial score (nSPS) is 12.4. The monoisotopic (exact) mass is 262 g/mol. The van der Waals surface area contributed by atoms with Crippen molar-refractivity contribution in [2.45, 2.75) is 19.3 Å². The van der Waals surface area contributed by atoms with Crippen LogP contribution in [0, 0.1) is 18.6 Å². The van der Waals surface area contributed by atoms with Gasteiger partial charge in [0.1, 0.15) is 11.6 Å². The summed E-state index contributed by atoms with van der Waals surface area (Å²) in [5.74, 6) is -0.586. The third-order valence-corrected chi connectivity index (χ3v) is 3.27. The van der Waals surface area contributed by atoms with Gasteiger partial charge in [-0.05, 0) is 48.2 Å². The Kier molecular flexibility index (Phi) is 4.27. The van der Waals surface area contributed by atoms with E-state index in [1.165, 1.54) is 18.2 Å². The van der Waals surface area contributed by atoms with Gasteiger partial charge in [0.25, 0.3) is 0 Å². The predicted octanol–water partition coefficient (Wildman–Crippen LogP) is 3.79. The van der Waals surface area contributed by atoms with Crippen molar-refractivity contribution in [3.8, 4) is 0 Å². The van der Waals surface area contributed by atoms with Gasteiger partial charge in [-0.3, -0.25) is 0 Å². The van der Waals surface area contributed by atoms with Gasteiger partial charge in [-0.1, -0.05) is 24.3 Å². The molecule has 100 valence electrons. The van der Waals surface area contributed by atoms with E-state index in [9.17, 15) is 13.9 Å². The summed E-state index contributed by atoms with van der Waals surface area (Å²) in [6, 6.07) is 11.1. The van der Waals surface area contributed by atoms with E-state index in [-0.39, 0.29) is 24.2 Å². The molecule has 1 N–H and O–H groups in total. The second kappa shape index (κ2) is 5.93. The van der Waals surface area contributed by atoms with Crippen LogP contribution < -0.4 is 0 Å². The van der Waals surface area contributed by atoms with Crippen LogP contribution in [0.15, 0.2) is 42.5 Å². The van der Waals surface area contributed by atoms with E-state index in [2.05, 4.69) is 0 Å². The maximum absolute atomic E-state index is 13.3. The van der Waals surface area contributed by atoms with E-state index in [0.717, 1.165) is 11.1 Å². The lowest BCUT2D eigenvalue weighted by Crippen LogP contribution is -2.04. The van der Waals surface area contributed by atoms with Crippen molar-refractivity contribution in [2.75, 3.05) is 6.61 Å². The molecule has 1 unspecified atom stereocenters. The smallest absolute Gasteiger partial charge is 0.126 e. The Morgan fingerprint density at radius 1 is 1.00 bits per heavy atom. The molecule has 1 atom stereocenters. The Balaban J connectivity index is 2.38. The number of aliphatic hydroxyl groups is 1. The van der Waals surface area contributed by atoms with Crippen molar-refractivity contribution in [2.24, 2.45) is 0 Å². The summed E-state index contributed by atoms with van der Waals surface area (Å²) < 4.78 is 26.3. The number of halogens is 2. The van der Waals surface area contributed by atoms with Crippen molar-refractivity contribution < 1.29 is 13.9 Å². The van der Waals surface area contributed by atoms with E-state index >= 15 is 0 Å². The molecule has 0 aromatic heterocycles. The first-order chi connectivity index (χ1) is 9.11. The highest BCUT2D eigenvalue weighted by Crippen LogP contribution is 2.29. The summed E-state index contributed by atoms with van der Waals surface area (Å²) in [6.45, 7) is 1.73. The average molecular weight is 262 g/mol. The molecule has 0 aliphatic carbocycles. The van der Waals surface area contributed by atoms with Crippen molar-refractivity contribution >= 4 is 0 Å². The van der Waals surface area contributed by atoms with E-state index in [0.29, 0.717) is 12.0 Å². The molecular weight excluding hydrogens is 246 g/mol. The molecule has 2 rings (SSSR count). The number of aryl methyl sites for hydroxylation is 1. The molecule has 0 heterocycles. The lowest BCUT2D eigenvalue weighted by atomic mass is 9.88. The highest BCUT2D eigenvalue weighted by molar-refractivity contribution is 5.35. The van der Waals surface area contributed by atoms with Crippen LogP contribution in [0.2, 0.25) is 0 Å². The summed E-state index contributed by atoms with van der Waals surface area (Å²) in [6.07, 6.45) is 0.525. The summed E-state index contributed by atoms with van der Waals surface area (Å²) >= 11 is 0. The molecule has 0 saturated heterocycles. The maximum Gasteiger partial charge on any atom is 0.126 e. The minimum absolute atomic E-state index is 0.0263. The maximum atomic E-state index is 13.3. The minimum atomic E-state index is -0.290. The predicted molar refractivity (Wildman–Crippen MR) is 71.1 cm³/mol. The second-order valence-corrected chi connectivity index (χ2v) is 4.63. The fraction of sp³-hybridized carbons (Fsp3) is 0.250. The van der Waals surface area contributed by atoms with Gasteiger partial charge in [-0.2, -0.15) is 0 Å². The van der Waals surface area contributed by atoms with Gasteiger partial charge in [-0.25, -0.2) is 8.78 Å². The Labute approximate surface area is 111 Å². The second-order valence-electron chi connectivity index (χ2n) is 4.63.